The third-order valence-corrected chi connectivity index (χ3v) is 3.65. The van der Waals surface area contributed by atoms with E-state index in [1.807, 2.05) is 36.7 Å². The summed E-state index contributed by atoms with van der Waals surface area (Å²) in [7, 11) is 3.66. The predicted molar refractivity (Wildman–Crippen MR) is 73.7 cm³/mol. The van der Waals surface area contributed by atoms with Crippen LogP contribution >= 0.6 is 0 Å². The fraction of sp³-hybridized carbons (Fsp3) is 0.429. The lowest BCUT2D eigenvalue weighted by atomic mass is 10.1. The monoisotopic (exact) mass is 261 g/mol. The molecule has 0 aliphatic heterocycles. The lowest BCUT2D eigenvalue weighted by Gasteiger charge is -2.25. The van der Waals surface area contributed by atoms with E-state index >= 15 is 0 Å². The predicted octanol–water partition coefficient (Wildman–Crippen LogP) is 1.39. The average Bonchev–Trinajstić information content (AvgIpc) is 2.65. The van der Waals surface area contributed by atoms with Gasteiger partial charge in [0.05, 0.1) is 23.7 Å². The molecule has 0 saturated carbocycles. The number of aliphatic hydroxyl groups excluding tert-OH is 1. The number of fused-ring (bicyclic) bond motifs is 1. The van der Waals surface area contributed by atoms with Crippen LogP contribution in [0.25, 0.3) is 11.0 Å². The molecule has 5 heteroatoms. The first-order valence-electron chi connectivity index (χ1n) is 6.23. The lowest BCUT2D eigenvalue weighted by molar-refractivity contribution is -0.130. The van der Waals surface area contributed by atoms with Crippen molar-refractivity contribution in [1.82, 2.24) is 14.5 Å². The van der Waals surface area contributed by atoms with Crippen molar-refractivity contribution in [1.29, 1.82) is 0 Å². The fourth-order valence-corrected chi connectivity index (χ4v) is 2.22. The number of imidazole rings is 1. The van der Waals surface area contributed by atoms with Gasteiger partial charge in [0, 0.05) is 21.0 Å². The number of carbonyl (C=O) groups is 1. The van der Waals surface area contributed by atoms with Crippen LogP contribution in [0.15, 0.2) is 18.2 Å². The minimum Gasteiger partial charge on any atom is -0.394 e. The smallest absolute Gasteiger partial charge is 0.219 e. The van der Waals surface area contributed by atoms with Crippen LogP contribution in [0, 0.1) is 6.92 Å². The Hall–Kier alpha value is -1.88. The van der Waals surface area contributed by atoms with Crippen LogP contribution in [0.2, 0.25) is 0 Å². The molecule has 1 atom stereocenters. The fourth-order valence-electron chi connectivity index (χ4n) is 2.22. The van der Waals surface area contributed by atoms with Crippen molar-refractivity contribution < 1.29 is 9.90 Å². The summed E-state index contributed by atoms with van der Waals surface area (Å²) in [5.74, 6) is 0.865. The number of hydrogen-bond donors (Lipinski definition) is 1. The van der Waals surface area contributed by atoms with Gasteiger partial charge in [-0.15, -0.1) is 0 Å². The van der Waals surface area contributed by atoms with Crippen LogP contribution in [0.1, 0.15) is 24.4 Å². The van der Waals surface area contributed by atoms with Crippen molar-refractivity contribution >= 4 is 16.9 Å². The van der Waals surface area contributed by atoms with E-state index in [1.54, 1.807) is 7.05 Å². The van der Waals surface area contributed by atoms with Crippen LogP contribution < -0.4 is 0 Å². The number of hydrogen-bond acceptors (Lipinski definition) is 3. The van der Waals surface area contributed by atoms with E-state index in [0.717, 1.165) is 22.4 Å². The molecule has 0 aliphatic rings. The van der Waals surface area contributed by atoms with Gasteiger partial charge >= 0.3 is 0 Å². The molecule has 1 aromatic heterocycles. The number of aliphatic hydroxyl groups is 1. The van der Waals surface area contributed by atoms with Crippen LogP contribution in [0.5, 0.6) is 0 Å². The number of rotatable bonds is 3. The first-order valence-corrected chi connectivity index (χ1v) is 6.23. The maximum absolute atomic E-state index is 11.4. The van der Waals surface area contributed by atoms with Crippen molar-refractivity contribution in [3.8, 4) is 0 Å². The molecule has 1 aromatic carbocycles. The van der Waals surface area contributed by atoms with Crippen molar-refractivity contribution in [2.75, 3.05) is 13.7 Å². The van der Waals surface area contributed by atoms with E-state index in [-0.39, 0.29) is 18.6 Å². The number of aryl methyl sites for hydroxylation is 2. The van der Waals surface area contributed by atoms with Gasteiger partial charge in [0.1, 0.15) is 5.82 Å². The van der Waals surface area contributed by atoms with Crippen LogP contribution in [0.3, 0.4) is 0 Å². The molecule has 2 aromatic rings. The Morgan fingerprint density at radius 1 is 1.53 bits per heavy atom. The second-order valence-electron chi connectivity index (χ2n) is 4.79. The highest BCUT2D eigenvalue weighted by molar-refractivity contribution is 5.78. The molecule has 1 heterocycles. The number of benzene rings is 1. The van der Waals surface area contributed by atoms with E-state index in [2.05, 4.69) is 4.98 Å². The Labute approximate surface area is 112 Å². The molecule has 0 radical (unpaired) electrons. The quantitative estimate of drug-likeness (QED) is 0.908. The topological polar surface area (TPSA) is 58.4 Å². The second kappa shape index (κ2) is 5.01. The highest BCUT2D eigenvalue weighted by Gasteiger charge is 2.19. The van der Waals surface area contributed by atoms with Crippen molar-refractivity contribution in [2.24, 2.45) is 7.05 Å². The molecule has 1 N–H and O–H groups in total. The lowest BCUT2D eigenvalue weighted by Crippen LogP contribution is -2.31. The minimum absolute atomic E-state index is 0.0728. The van der Waals surface area contributed by atoms with Crippen molar-refractivity contribution in [3.63, 3.8) is 0 Å². The highest BCUT2D eigenvalue weighted by Crippen LogP contribution is 2.23. The summed E-state index contributed by atoms with van der Waals surface area (Å²) in [4.78, 5) is 17.4. The van der Waals surface area contributed by atoms with Crippen LogP contribution in [-0.2, 0) is 11.8 Å². The molecule has 0 aliphatic carbocycles. The number of likely N-dealkylation sites (N-methyl/N-ethyl adjacent to an activating group) is 1. The summed E-state index contributed by atoms with van der Waals surface area (Å²) < 4.78 is 2.02. The first kappa shape index (κ1) is 13.5. The van der Waals surface area contributed by atoms with E-state index in [4.69, 9.17) is 0 Å². The Kier molecular flexibility index (Phi) is 3.57. The maximum Gasteiger partial charge on any atom is 0.219 e. The zero-order chi connectivity index (χ0) is 14.2. The van der Waals surface area contributed by atoms with Gasteiger partial charge in [0.15, 0.2) is 0 Å². The van der Waals surface area contributed by atoms with Gasteiger partial charge in [-0.2, -0.15) is 0 Å². The molecule has 19 heavy (non-hydrogen) atoms. The number of carbonyl (C=O) groups excluding carboxylic acids is 1. The Balaban J connectivity index is 2.47. The van der Waals surface area contributed by atoms with Gasteiger partial charge in [-0.25, -0.2) is 4.98 Å². The summed E-state index contributed by atoms with van der Waals surface area (Å²) in [6.07, 6.45) is 0. The molecule has 1 unspecified atom stereocenters. The Bertz CT molecular complexity index is 618. The standard InChI is InChI=1S/C14H19N3O2/c1-9-15-12-7-11(5-6-13(12)16(9)3)14(8-18)17(4)10(2)19/h5-7,14,18H,8H2,1-4H3. The maximum atomic E-state index is 11.4. The van der Waals surface area contributed by atoms with E-state index < -0.39 is 0 Å². The van der Waals surface area contributed by atoms with Gasteiger partial charge in [-0.1, -0.05) is 6.07 Å². The van der Waals surface area contributed by atoms with E-state index in [9.17, 15) is 9.90 Å². The second-order valence-corrected chi connectivity index (χ2v) is 4.79. The third kappa shape index (κ3) is 2.33. The van der Waals surface area contributed by atoms with E-state index in [0.29, 0.717) is 0 Å². The summed E-state index contributed by atoms with van der Waals surface area (Å²) in [5.41, 5.74) is 2.82. The van der Waals surface area contributed by atoms with Crippen molar-refractivity contribution in [3.05, 3.63) is 29.6 Å². The zero-order valence-corrected chi connectivity index (χ0v) is 11.7. The normalized spacial score (nSPS) is 12.7. The molecular weight excluding hydrogens is 242 g/mol. The molecular formula is C14H19N3O2. The first-order chi connectivity index (χ1) is 8.95. The average molecular weight is 261 g/mol. The van der Waals surface area contributed by atoms with Gasteiger partial charge in [0.2, 0.25) is 5.91 Å². The summed E-state index contributed by atoms with van der Waals surface area (Å²) in [6.45, 7) is 3.34. The minimum atomic E-state index is -0.329. The molecule has 1 amide bonds. The molecule has 0 spiro atoms. The zero-order valence-electron chi connectivity index (χ0n) is 11.7. The van der Waals surface area contributed by atoms with Crippen LogP contribution in [-0.4, -0.2) is 39.1 Å². The highest BCUT2D eigenvalue weighted by atomic mass is 16.3. The third-order valence-electron chi connectivity index (χ3n) is 3.65. The summed E-state index contributed by atoms with van der Waals surface area (Å²) in [6, 6.07) is 5.51. The number of aromatic nitrogens is 2. The molecule has 102 valence electrons. The Morgan fingerprint density at radius 3 is 2.79 bits per heavy atom. The largest absolute Gasteiger partial charge is 0.394 e. The number of amides is 1. The van der Waals surface area contributed by atoms with Crippen molar-refractivity contribution in [2.45, 2.75) is 19.9 Å². The molecule has 2 rings (SSSR count). The SMILES string of the molecule is CC(=O)N(C)C(CO)c1ccc2c(c1)nc(C)n2C. The van der Waals surface area contributed by atoms with Gasteiger partial charge in [0.25, 0.3) is 0 Å². The van der Waals surface area contributed by atoms with Gasteiger partial charge in [-0.3, -0.25) is 4.79 Å². The molecule has 0 fully saturated rings. The molecule has 0 bridgehead atoms. The summed E-state index contributed by atoms with van der Waals surface area (Å²) in [5, 5.41) is 9.51. The molecule has 5 nitrogen and oxygen atoms in total. The van der Waals surface area contributed by atoms with Gasteiger partial charge < -0.3 is 14.6 Å². The number of nitrogens with zero attached hydrogens (tertiary/aromatic N) is 3. The van der Waals surface area contributed by atoms with Gasteiger partial charge in [-0.05, 0) is 24.6 Å². The van der Waals surface area contributed by atoms with E-state index in [1.165, 1.54) is 11.8 Å². The Morgan fingerprint density at radius 2 is 2.21 bits per heavy atom. The summed E-state index contributed by atoms with van der Waals surface area (Å²) >= 11 is 0. The van der Waals surface area contributed by atoms with Crippen LogP contribution in [0.4, 0.5) is 0 Å². The molecule has 0 saturated heterocycles.